The zero-order valence-corrected chi connectivity index (χ0v) is 10.4. The summed E-state index contributed by atoms with van der Waals surface area (Å²) in [4.78, 5) is 23.1. The summed E-state index contributed by atoms with van der Waals surface area (Å²) in [6.07, 6.45) is 0.372. The maximum atomic E-state index is 11.2. The number of carbonyl (C=O) groups excluding carboxylic acids is 1. The number of hydrogen-bond acceptors (Lipinski definition) is 3. The van der Waals surface area contributed by atoms with Crippen LogP contribution in [-0.2, 0) is 16.0 Å². The standard InChI is InChI=1S/C12H13NO3S/c1-12(2,11(15)16)17-8-3-4-9-7(5-8)6-10(14)13-9/h3-5H,6H2,1-2H3,(H,13,14)(H,15,16). The molecule has 1 heterocycles. The Morgan fingerprint density at radius 3 is 2.82 bits per heavy atom. The predicted molar refractivity (Wildman–Crippen MR) is 66.3 cm³/mol. The van der Waals surface area contributed by atoms with Crippen LogP contribution in [0.25, 0.3) is 0 Å². The highest BCUT2D eigenvalue weighted by molar-refractivity contribution is 8.01. The first kappa shape index (κ1) is 12.0. The van der Waals surface area contributed by atoms with Gasteiger partial charge in [-0.2, -0.15) is 0 Å². The minimum atomic E-state index is -0.871. The van der Waals surface area contributed by atoms with Crippen LogP contribution < -0.4 is 5.32 Å². The van der Waals surface area contributed by atoms with Gasteiger partial charge in [0.15, 0.2) is 0 Å². The normalized spacial score (nSPS) is 14.4. The number of carboxylic acids is 1. The molecule has 2 rings (SSSR count). The third-order valence-corrected chi connectivity index (χ3v) is 3.76. The highest BCUT2D eigenvalue weighted by atomic mass is 32.2. The van der Waals surface area contributed by atoms with Gasteiger partial charge >= 0.3 is 5.97 Å². The molecule has 0 saturated heterocycles. The molecule has 1 amide bonds. The van der Waals surface area contributed by atoms with Crippen molar-refractivity contribution in [1.82, 2.24) is 0 Å². The SMILES string of the molecule is CC(C)(Sc1ccc2c(c1)CC(=O)N2)C(=O)O. The van der Waals surface area contributed by atoms with Crippen LogP contribution in [0.1, 0.15) is 19.4 Å². The first-order valence-corrected chi connectivity index (χ1v) is 6.05. The van der Waals surface area contributed by atoms with Gasteiger partial charge in [-0.3, -0.25) is 9.59 Å². The minimum absolute atomic E-state index is 0.0142. The highest BCUT2D eigenvalue weighted by Crippen LogP contribution is 2.35. The number of carboxylic acid groups (broad SMARTS) is 1. The van der Waals surface area contributed by atoms with Gasteiger partial charge in [-0.25, -0.2) is 0 Å². The van der Waals surface area contributed by atoms with Crippen LogP contribution in [0.5, 0.6) is 0 Å². The number of fused-ring (bicyclic) bond motifs is 1. The number of aliphatic carboxylic acids is 1. The number of anilines is 1. The van der Waals surface area contributed by atoms with Crippen molar-refractivity contribution in [1.29, 1.82) is 0 Å². The van der Waals surface area contributed by atoms with Crippen LogP contribution in [-0.4, -0.2) is 21.7 Å². The number of carbonyl (C=O) groups is 2. The molecule has 1 aliphatic heterocycles. The van der Waals surface area contributed by atoms with Crippen molar-refractivity contribution in [2.24, 2.45) is 0 Å². The number of thioether (sulfide) groups is 1. The molecule has 2 N–H and O–H groups in total. The van der Waals surface area contributed by atoms with Gasteiger partial charge in [0.2, 0.25) is 5.91 Å². The van der Waals surface area contributed by atoms with Gasteiger partial charge in [-0.05, 0) is 37.6 Å². The van der Waals surface area contributed by atoms with Gasteiger partial charge in [-0.15, -0.1) is 11.8 Å². The largest absolute Gasteiger partial charge is 0.480 e. The lowest BCUT2D eigenvalue weighted by molar-refractivity contribution is -0.138. The average Bonchev–Trinajstić information content (AvgIpc) is 2.56. The molecule has 0 spiro atoms. The second kappa shape index (κ2) is 4.07. The fourth-order valence-electron chi connectivity index (χ4n) is 1.61. The lowest BCUT2D eigenvalue weighted by Crippen LogP contribution is -2.26. The molecular weight excluding hydrogens is 238 g/mol. The van der Waals surface area contributed by atoms with Gasteiger partial charge in [0.25, 0.3) is 0 Å². The molecule has 1 aromatic rings. The third kappa shape index (κ3) is 2.44. The van der Waals surface area contributed by atoms with E-state index in [9.17, 15) is 9.59 Å². The Bertz CT molecular complexity index is 497. The number of amides is 1. The summed E-state index contributed by atoms with van der Waals surface area (Å²) in [5, 5.41) is 11.8. The molecule has 4 nitrogen and oxygen atoms in total. The van der Waals surface area contributed by atoms with E-state index in [-0.39, 0.29) is 5.91 Å². The number of benzene rings is 1. The van der Waals surface area contributed by atoms with Crippen LogP contribution in [0.4, 0.5) is 5.69 Å². The van der Waals surface area contributed by atoms with Crippen molar-refractivity contribution >= 4 is 29.3 Å². The Morgan fingerprint density at radius 1 is 1.47 bits per heavy atom. The molecule has 0 unspecified atom stereocenters. The first-order valence-electron chi connectivity index (χ1n) is 5.24. The Balaban J connectivity index is 2.22. The summed E-state index contributed by atoms with van der Waals surface area (Å²) in [7, 11) is 0. The molecule has 0 fully saturated rings. The zero-order chi connectivity index (χ0) is 12.6. The Labute approximate surface area is 103 Å². The molecule has 1 aliphatic rings. The minimum Gasteiger partial charge on any atom is -0.480 e. The monoisotopic (exact) mass is 251 g/mol. The van der Waals surface area contributed by atoms with E-state index in [1.165, 1.54) is 11.8 Å². The molecular formula is C12H13NO3S. The number of rotatable bonds is 3. The second-order valence-corrected chi connectivity index (χ2v) is 6.16. The summed E-state index contributed by atoms with van der Waals surface area (Å²) < 4.78 is -0.871. The van der Waals surface area contributed by atoms with E-state index < -0.39 is 10.7 Å². The maximum absolute atomic E-state index is 11.2. The van der Waals surface area contributed by atoms with Gasteiger partial charge in [-0.1, -0.05) is 0 Å². The summed E-state index contributed by atoms with van der Waals surface area (Å²) in [5.41, 5.74) is 1.76. The molecule has 0 aliphatic carbocycles. The molecule has 0 bridgehead atoms. The van der Waals surface area contributed by atoms with E-state index in [0.29, 0.717) is 6.42 Å². The summed E-state index contributed by atoms with van der Waals surface area (Å²) in [6, 6.07) is 5.53. The van der Waals surface area contributed by atoms with Crippen molar-refractivity contribution in [2.75, 3.05) is 5.32 Å². The molecule has 17 heavy (non-hydrogen) atoms. The average molecular weight is 251 g/mol. The van der Waals surface area contributed by atoms with E-state index in [4.69, 9.17) is 5.11 Å². The molecule has 90 valence electrons. The van der Waals surface area contributed by atoms with Crippen molar-refractivity contribution in [3.05, 3.63) is 23.8 Å². The summed E-state index contributed by atoms with van der Waals surface area (Å²) in [5.74, 6) is -0.864. The Hall–Kier alpha value is -1.49. The van der Waals surface area contributed by atoms with Crippen LogP contribution in [0.15, 0.2) is 23.1 Å². The Morgan fingerprint density at radius 2 is 2.18 bits per heavy atom. The number of hydrogen-bond donors (Lipinski definition) is 2. The Kier molecular flexibility index (Phi) is 2.87. The lowest BCUT2D eigenvalue weighted by atomic mass is 10.2. The van der Waals surface area contributed by atoms with Crippen molar-refractivity contribution in [3.63, 3.8) is 0 Å². The number of nitrogens with one attached hydrogen (secondary N) is 1. The van der Waals surface area contributed by atoms with Gasteiger partial charge < -0.3 is 10.4 Å². The zero-order valence-electron chi connectivity index (χ0n) is 9.61. The predicted octanol–water partition coefficient (Wildman–Crippen LogP) is 2.14. The molecule has 5 heteroatoms. The fraction of sp³-hybridized carbons (Fsp3) is 0.333. The first-order chi connectivity index (χ1) is 7.88. The van der Waals surface area contributed by atoms with E-state index in [1.807, 2.05) is 18.2 Å². The fourth-order valence-corrected chi connectivity index (χ4v) is 2.62. The molecule has 0 radical (unpaired) electrons. The van der Waals surface area contributed by atoms with E-state index in [0.717, 1.165) is 16.1 Å². The lowest BCUT2D eigenvalue weighted by Gasteiger charge is -2.18. The van der Waals surface area contributed by atoms with E-state index in [2.05, 4.69) is 5.32 Å². The smallest absolute Gasteiger partial charge is 0.319 e. The van der Waals surface area contributed by atoms with Gasteiger partial charge in [0, 0.05) is 10.6 Å². The van der Waals surface area contributed by atoms with E-state index in [1.54, 1.807) is 13.8 Å². The maximum Gasteiger partial charge on any atom is 0.319 e. The quantitative estimate of drug-likeness (QED) is 0.808. The molecule has 0 atom stereocenters. The summed E-state index contributed by atoms with van der Waals surface area (Å²) >= 11 is 1.28. The molecule has 0 aromatic heterocycles. The van der Waals surface area contributed by atoms with Crippen molar-refractivity contribution in [2.45, 2.75) is 29.9 Å². The van der Waals surface area contributed by atoms with E-state index >= 15 is 0 Å². The van der Waals surface area contributed by atoms with Crippen molar-refractivity contribution in [3.8, 4) is 0 Å². The van der Waals surface area contributed by atoms with Crippen LogP contribution in [0.2, 0.25) is 0 Å². The topological polar surface area (TPSA) is 66.4 Å². The molecule has 1 aromatic carbocycles. The molecule has 0 saturated carbocycles. The van der Waals surface area contributed by atoms with Crippen LogP contribution >= 0.6 is 11.8 Å². The third-order valence-electron chi connectivity index (χ3n) is 2.59. The highest BCUT2D eigenvalue weighted by Gasteiger charge is 2.29. The van der Waals surface area contributed by atoms with Gasteiger partial charge in [0.1, 0.15) is 4.75 Å². The van der Waals surface area contributed by atoms with Gasteiger partial charge in [0.05, 0.1) is 6.42 Å². The summed E-state index contributed by atoms with van der Waals surface area (Å²) in [6.45, 7) is 3.33. The van der Waals surface area contributed by atoms with Crippen LogP contribution in [0, 0.1) is 0 Å². The second-order valence-electron chi connectivity index (χ2n) is 4.46. The van der Waals surface area contributed by atoms with Crippen LogP contribution in [0.3, 0.4) is 0 Å². The van der Waals surface area contributed by atoms with Crippen molar-refractivity contribution < 1.29 is 14.7 Å².